The lowest BCUT2D eigenvalue weighted by Crippen LogP contribution is -2.14. The van der Waals surface area contributed by atoms with Gasteiger partial charge in [0.05, 0.1) is 32.0 Å². The number of benzene rings is 2. The smallest absolute Gasteiger partial charge is 0.337 e. The summed E-state index contributed by atoms with van der Waals surface area (Å²) in [6.45, 7) is 2.40. The van der Waals surface area contributed by atoms with Gasteiger partial charge in [0.2, 0.25) is 0 Å². The van der Waals surface area contributed by atoms with Crippen LogP contribution >= 0.6 is 0 Å². The number of ether oxygens (including phenoxy) is 3. The summed E-state index contributed by atoms with van der Waals surface area (Å²) in [5, 5.41) is 2.65. The van der Waals surface area contributed by atoms with Crippen LogP contribution in [0.4, 0.5) is 5.69 Å². The second-order valence-corrected chi connectivity index (χ2v) is 5.19. The third-order valence-corrected chi connectivity index (χ3v) is 3.46. The number of amides is 1. The molecule has 0 atom stereocenters. The van der Waals surface area contributed by atoms with E-state index in [-0.39, 0.29) is 16.8 Å². The second-order valence-electron chi connectivity index (χ2n) is 5.19. The van der Waals surface area contributed by atoms with Gasteiger partial charge in [-0.2, -0.15) is 0 Å². The van der Waals surface area contributed by atoms with Crippen molar-refractivity contribution < 1.29 is 28.6 Å². The standard InChI is InChI=1S/C19H19NO6/c1-4-26-16-7-5-12(6-8-16)17(21)20-15-10-13(18(22)24-2)9-14(11-15)19(23)25-3/h5-11H,4H2,1-3H3,(H,20,21). The van der Waals surface area contributed by atoms with Crippen LogP contribution in [0, 0.1) is 0 Å². The zero-order valence-corrected chi connectivity index (χ0v) is 14.7. The third-order valence-electron chi connectivity index (χ3n) is 3.46. The van der Waals surface area contributed by atoms with Crippen molar-refractivity contribution in [1.29, 1.82) is 0 Å². The molecule has 0 aliphatic carbocycles. The Balaban J connectivity index is 2.27. The monoisotopic (exact) mass is 357 g/mol. The molecule has 0 saturated carbocycles. The Morgan fingerprint density at radius 1 is 0.846 bits per heavy atom. The molecule has 7 heteroatoms. The van der Waals surface area contributed by atoms with Gasteiger partial charge in [-0.1, -0.05) is 0 Å². The Morgan fingerprint density at radius 3 is 1.85 bits per heavy atom. The Morgan fingerprint density at radius 2 is 1.38 bits per heavy atom. The SMILES string of the molecule is CCOc1ccc(C(=O)Nc2cc(C(=O)OC)cc(C(=O)OC)c2)cc1. The molecule has 2 rings (SSSR count). The number of rotatable bonds is 6. The molecular weight excluding hydrogens is 338 g/mol. The molecule has 0 fully saturated rings. The number of carbonyl (C=O) groups is 3. The van der Waals surface area contributed by atoms with Gasteiger partial charge in [-0.25, -0.2) is 9.59 Å². The lowest BCUT2D eigenvalue weighted by atomic mass is 10.1. The van der Waals surface area contributed by atoms with Crippen LogP contribution in [0.2, 0.25) is 0 Å². The van der Waals surface area contributed by atoms with Crippen molar-refractivity contribution >= 4 is 23.5 Å². The van der Waals surface area contributed by atoms with Gasteiger partial charge in [-0.15, -0.1) is 0 Å². The topological polar surface area (TPSA) is 90.9 Å². The fourth-order valence-electron chi connectivity index (χ4n) is 2.24. The molecule has 1 amide bonds. The molecule has 0 spiro atoms. The first-order valence-corrected chi connectivity index (χ1v) is 7.84. The molecule has 26 heavy (non-hydrogen) atoms. The lowest BCUT2D eigenvalue weighted by Gasteiger charge is -2.10. The molecule has 0 aliphatic rings. The highest BCUT2D eigenvalue weighted by Crippen LogP contribution is 2.19. The van der Waals surface area contributed by atoms with Gasteiger partial charge in [0, 0.05) is 11.3 Å². The number of methoxy groups -OCH3 is 2. The molecule has 0 saturated heterocycles. The lowest BCUT2D eigenvalue weighted by molar-refractivity contribution is 0.0599. The average molecular weight is 357 g/mol. The quantitative estimate of drug-likeness (QED) is 0.800. The van der Waals surface area contributed by atoms with Crippen molar-refractivity contribution in [3.63, 3.8) is 0 Å². The van der Waals surface area contributed by atoms with E-state index in [4.69, 9.17) is 4.74 Å². The molecule has 0 aromatic heterocycles. The highest BCUT2D eigenvalue weighted by molar-refractivity contribution is 6.06. The van der Waals surface area contributed by atoms with Crippen molar-refractivity contribution in [1.82, 2.24) is 0 Å². The van der Waals surface area contributed by atoms with Gasteiger partial charge in [-0.05, 0) is 49.4 Å². The largest absolute Gasteiger partial charge is 0.494 e. The van der Waals surface area contributed by atoms with Gasteiger partial charge in [-0.3, -0.25) is 4.79 Å². The van der Waals surface area contributed by atoms with Crippen LogP contribution in [0.25, 0.3) is 0 Å². The first kappa shape index (κ1) is 19.0. The molecule has 0 radical (unpaired) electrons. The third kappa shape index (κ3) is 4.60. The van der Waals surface area contributed by atoms with E-state index in [1.807, 2.05) is 6.92 Å². The summed E-state index contributed by atoms with van der Waals surface area (Å²) in [5.41, 5.74) is 0.915. The van der Waals surface area contributed by atoms with Gasteiger partial charge in [0.15, 0.2) is 0 Å². The summed E-state index contributed by atoms with van der Waals surface area (Å²) < 4.78 is 14.7. The average Bonchev–Trinajstić information content (AvgIpc) is 2.67. The Kier molecular flexibility index (Phi) is 6.32. The zero-order valence-electron chi connectivity index (χ0n) is 14.7. The van der Waals surface area contributed by atoms with Crippen LogP contribution in [0.15, 0.2) is 42.5 Å². The Hall–Kier alpha value is -3.35. The molecule has 2 aromatic carbocycles. The van der Waals surface area contributed by atoms with E-state index in [1.165, 1.54) is 32.4 Å². The summed E-state index contributed by atoms with van der Waals surface area (Å²) >= 11 is 0. The summed E-state index contributed by atoms with van der Waals surface area (Å²) in [4.78, 5) is 36.0. The van der Waals surface area contributed by atoms with E-state index < -0.39 is 17.8 Å². The fraction of sp³-hybridized carbons (Fsp3) is 0.211. The van der Waals surface area contributed by atoms with Gasteiger partial charge in [0.25, 0.3) is 5.91 Å². The number of carbonyl (C=O) groups excluding carboxylic acids is 3. The molecule has 0 aliphatic heterocycles. The minimum absolute atomic E-state index is 0.123. The van der Waals surface area contributed by atoms with E-state index >= 15 is 0 Å². The van der Waals surface area contributed by atoms with Gasteiger partial charge < -0.3 is 19.5 Å². The summed E-state index contributed by atoms with van der Waals surface area (Å²) in [5.74, 6) is -1.00. The number of hydrogen-bond acceptors (Lipinski definition) is 6. The second kappa shape index (κ2) is 8.66. The summed E-state index contributed by atoms with van der Waals surface area (Å²) in [6, 6.07) is 10.8. The van der Waals surface area contributed by atoms with Crippen LogP contribution in [0.3, 0.4) is 0 Å². The number of nitrogens with one attached hydrogen (secondary N) is 1. The normalized spacial score (nSPS) is 9.96. The van der Waals surface area contributed by atoms with E-state index in [0.29, 0.717) is 17.9 Å². The van der Waals surface area contributed by atoms with Gasteiger partial charge in [0.1, 0.15) is 5.75 Å². The van der Waals surface area contributed by atoms with E-state index in [9.17, 15) is 14.4 Å². The maximum absolute atomic E-state index is 12.4. The number of anilines is 1. The fourth-order valence-corrected chi connectivity index (χ4v) is 2.24. The van der Waals surface area contributed by atoms with Crippen molar-refractivity contribution in [2.24, 2.45) is 0 Å². The molecule has 0 bridgehead atoms. The minimum Gasteiger partial charge on any atom is -0.494 e. The van der Waals surface area contributed by atoms with Gasteiger partial charge >= 0.3 is 11.9 Å². The first-order valence-electron chi connectivity index (χ1n) is 7.84. The molecule has 0 heterocycles. The maximum atomic E-state index is 12.4. The van der Waals surface area contributed by atoms with Crippen molar-refractivity contribution in [3.05, 3.63) is 59.2 Å². The zero-order chi connectivity index (χ0) is 19.1. The maximum Gasteiger partial charge on any atom is 0.337 e. The van der Waals surface area contributed by atoms with Crippen LogP contribution in [0.5, 0.6) is 5.75 Å². The van der Waals surface area contributed by atoms with E-state index in [0.717, 1.165) is 0 Å². The molecule has 136 valence electrons. The highest BCUT2D eigenvalue weighted by atomic mass is 16.5. The summed E-state index contributed by atoms with van der Waals surface area (Å²) in [7, 11) is 2.46. The van der Waals surface area contributed by atoms with Crippen LogP contribution < -0.4 is 10.1 Å². The summed E-state index contributed by atoms with van der Waals surface area (Å²) in [6.07, 6.45) is 0. The van der Waals surface area contributed by atoms with Crippen molar-refractivity contribution in [2.45, 2.75) is 6.92 Å². The molecule has 0 unspecified atom stereocenters. The van der Waals surface area contributed by atoms with Crippen LogP contribution in [0.1, 0.15) is 38.0 Å². The van der Waals surface area contributed by atoms with Crippen LogP contribution in [-0.4, -0.2) is 38.7 Å². The molecule has 7 nitrogen and oxygen atoms in total. The Labute approximate surface area is 150 Å². The predicted octanol–water partition coefficient (Wildman–Crippen LogP) is 2.91. The van der Waals surface area contributed by atoms with E-state index in [2.05, 4.69) is 14.8 Å². The minimum atomic E-state index is -0.632. The van der Waals surface area contributed by atoms with Crippen molar-refractivity contribution in [2.75, 3.05) is 26.1 Å². The predicted molar refractivity (Wildman–Crippen MR) is 94.7 cm³/mol. The molecule has 2 aromatic rings. The molecule has 1 N–H and O–H groups in total. The Bertz CT molecular complexity index is 779. The van der Waals surface area contributed by atoms with Crippen molar-refractivity contribution in [3.8, 4) is 5.75 Å². The van der Waals surface area contributed by atoms with Crippen LogP contribution in [-0.2, 0) is 9.47 Å². The first-order chi connectivity index (χ1) is 12.5. The highest BCUT2D eigenvalue weighted by Gasteiger charge is 2.15. The molecular formula is C19H19NO6. The number of hydrogen-bond donors (Lipinski definition) is 1. The van der Waals surface area contributed by atoms with E-state index in [1.54, 1.807) is 24.3 Å². The number of esters is 2.